The van der Waals surface area contributed by atoms with E-state index in [0.717, 1.165) is 0 Å². The van der Waals surface area contributed by atoms with Gasteiger partial charge in [0.2, 0.25) is 5.22 Å². The Morgan fingerprint density at radius 1 is 1.73 bits per heavy atom. The molecule has 0 saturated heterocycles. The molecule has 0 aliphatic carbocycles. The summed E-state index contributed by atoms with van der Waals surface area (Å²) in [6.45, 7) is 2.17. The lowest BCUT2D eigenvalue weighted by molar-refractivity contribution is 0.0768. The molecule has 4 nitrogen and oxygen atoms in total. The summed E-state index contributed by atoms with van der Waals surface area (Å²) in [5, 5.41) is 9.19. The summed E-state index contributed by atoms with van der Waals surface area (Å²) >= 11 is 5.68. The Morgan fingerprint density at radius 3 is 2.87 bits per heavy atom. The molecule has 1 aromatic rings. The summed E-state index contributed by atoms with van der Waals surface area (Å²) in [5.74, 6) is -0.200. The molecule has 1 N–H and O–H groups in total. The maximum atomic E-state index is 11.7. The number of aliphatic hydroxyl groups excluding tert-OH is 1. The van der Waals surface area contributed by atoms with E-state index in [1.165, 1.54) is 17.2 Å². The van der Waals surface area contributed by atoms with Gasteiger partial charge in [0.1, 0.15) is 0 Å². The van der Waals surface area contributed by atoms with E-state index < -0.39 is 6.10 Å². The maximum absolute atomic E-state index is 11.7. The Bertz CT molecular complexity index is 335. The van der Waals surface area contributed by atoms with Gasteiger partial charge in [0.05, 0.1) is 17.9 Å². The number of halogens is 1. The second-order valence-corrected chi connectivity index (χ2v) is 3.82. The summed E-state index contributed by atoms with van der Waals surface area (Å²) in [4.78, 5) is 13.2. The van der Waals surface area contributed by atoms with Crippen LogP contribution in [0.2, 0.25) is 5.22 Å². The van der Waals surface area contributed by atoms with Gasteiger partial charge in [0.25, 0.3) is 5.91 Å². The van der Waals surface area contributed by atoms with Gasteiger partial charge >= 0.3 is 0 Å². The quantitative estimate of drug-likeness (QED) is 0.860. The lowest BCUT2D eigenvalue weighted by Crippen LogP contribution is -2.29. The summed E-state index contributed by atoms with van der Waals surface area (Å²) in [6.07, 6.45) is 1.50. The number of hydrogen-bond donors (Lipinski definition) is 1. The summed E-state index contributed by atoms with van der Waals surface area (Å²) in [5.41, 5.74) is 0.352. The standard InChI is InChI=1S/C10H14ClNO3/c1-7(13)3-5-12(2)10(14)8-4-6-15-9(8)11/h4,6-7,13H,3,5H2,1-2H3. The van der Waals surface area contributed by atoms with Gasteiger partial charge in [-0.05, 0) is 31.0 Å². The fraction of sp³-hybridized carbons (Fsp3) is 0.500. The zero-order chi connectivity index (χ0) is 11.4. The van der Waals surface area contributed by atoms with Crippen LogP contribution in [-0.2, 0) is 0 Å². The highest BCUT2D eigenvalue weighted by molar-refractivity contribution is 6.32. The van der Waals surface area contributed by atoms with Crippen molar-refractivity contribution in [2.75, 3.05) is 13.6 Å². The van der Waals surface area contributed by atoms with Gasteiger partial charge in [-0.15, -0.1) is 0 Å². The van der Waals surface area contributed by atoms with E-state index in [-0.39, 0.29) is 11.1 Å². The lowest BCUT2D eigenvalue weighted by Gasteiger charge is -2.17. The molecule has 0 bridgehead atoms. The minimum atomic E-state index is -0.417. The van der Waals surface area contributed by atoms with Crippen LogP contribution in [0, 0.1) is 0 Å². The molecule has 0 aromatic carbocycles. The van der Waals surface area contributed by atoms with Gasteiger partial charge in [-0.3, -0.25) is 4.79 Å². The first-order valence-corrected chi connectivity index (χ1v) is 5.06. The van der Waals surface area contributed by atoms with Crippen LogP contribution in [0.4, 0.5) is 0 Å². The van der Waals surface area contributed by atoms with Crippen LogP contribution in [0.15, 0.2) is 16.7 Å². The van der Waals surface area contributed by atoms with Crippen molar-refractivity contribution in [2.24, 2.45) is 0 Å². The molecule has 0 aliphatic rings. The number of carbonyl (C=O) groups excluding carboxylic acids is 1. The highest BCUT2D eigenvalue weighted by Gasteiger charge is 2.17. The Labute approximate surface area is 93.4 Å². The van der Waals surface area contributed by atoms with Crippen molar-refractivity contribution in [1.82, 2.24) is 4.90 Å². The van der Waals surface area contributed by atoms with Crippen LogP contribution in [0.25, 0.3) is 0 Å². The Morgan fingerprint density at radius 2 is 2.40 bits per heavy atom. The highest BCUT2D eigenvalue weighted by Crippen LogP contribution is 2.18. The van der Waals surface area contributed by atoms with E-state index in [1.807, 2.05) is 0 Å². The molecule has 0 aliphatic heterocycles. The predicted molar refractivity (Wildman–Crippen MR) is 57.0 cm³/mol. The number of hydrogen-bond acceptors (Lipinski definition) is 3. The third-order valence-electron chi connectivity index (χ3n) is 2.08. The molecule has 1 rings (SSSR count). The van der Waals surface area contributed by atoms with Crippen LogP contribution in [-0.4, -0.2) is 35.6 Å². The minimum Gasteiger partial charge on any atom is -0.452 e. The predicted octanol–water partition coefficient (Wildman–Crippen LogP) is 1.78. The van der Waals surface area contributed by atoms with Gasteiger partial charge in [-0.1, -0.05) is 0 Å². The molecule has 0 spiro atoms. The van der Waals surface area contributed by atoms with Gasteiger partial charge in [0.15, 0.2) is 0 Å². The molecular formula is C10H14ClNO3. The molecule has 0 radical (unpaired) electrons. The number of furan rings is 1. The smallest absolute Gasteiger partial charge is 0.258 e. The topological polar surface area (TPSA) is 53.7 Å². The van der Waals surface area contributed by atoms with Crippen LogP contribution in [0.3, 0.4) is 0 Å². The van der Waals surface area contributed by atoms with Crippen molar-refractivity contribution in [1.29, 1.82) is 0 Å². The fourth-order valence-corrected chi connectivity index (χ4v) is 1.33. The van der Waals surface area contributed by atoms with Crippen LogP contribution < -0.4 is 0 Å². The third-order valence-corrected chi connectivity index (χ3v) is 2.37. The highest BCUT2D eigenvalue weighted by atomic mass is 35.5. The molecule has 15 heavy (non-hydrogen) atoms. The largest absolute Gasteiger partial charge is 0.452 e. The van der Waals surface area contributed by atoms with Crippen molar-refractivity contribution in [3.05, 3.63) is 23.1 Å². The normalized spacial score (nSPS) is 12.5. The fourth-order valence-electron chi connectivity index (χ4n) is 1.13. The number of amides is 1. The van der Waals surface area contributed by atoms with E-state index in [0.29, 0.717) is 18.5 Å². The summed E-state index contributed by atoms with van der Waals surface area (Å²) in [6, 6.07) is 1.53. The molecule has 84 valence electrons. The number of nitrogens with zero attached hydrogens (tertiary/aromatic N) is 1. The van der Waals surface area contributed by atoms with Crippen LogP contribution in [0.5, 0.6) is 0 Å². The van der Waals surface area contributed by atoms with Gasteiger partial charge in [0, 0.05) is 13.6 Å². The number of aliphatic hydroxyl groups is 1. The third kappa shape index (κ3) is 3.25. The molecule has 0 fully saturated rings. The second kappa shape index (κ2) is 5.19. The van der Waals surface area contributed by atoms with Crippen LogP contribution in [0.1, 0.15) is 23.7 Å². The van der Waals surface area contributed by atoms with E-state index in [9.17, 15) is 4.79 Å². The zero-order valence-corrected chi connectivity index (χ0v) is 9.49. The summed E-state index contributed by atoms with van der Waals surface area (Å²) in [7, 11) is 1.66. The Balaban J connectivity index is 2.57. The van der Waals surface area contributed by atoms with Crippen molar-refractivity contribution >= 4 is 17.5 Å². The molecular weight excluding hydrogens is 218 g/mol. The number of carbonyl (C=O) groups is 1. The number of rotatable bonds is 4. The molecule has 1 heterocycles. The van der Waals surface area contributed by atoms with E-state index in [2.05, 4.69) is 0 Å². The first kappa shape index (κ1) is 12.1. The molecule has 1 aromatic heterocycles. The minimum absolute atomic E-state index is 0.101. The Kier molecular flexibility index (Phi) is 4.17. The first-order chi connectivity index (χ1) is 7.02. The van der Waals surface area contributed by atoms with E-state index in [1.54, 1.807) is 14.0 Å². The van der Waals surface area contributed by atoms with Crippen molar-refractivity contribution in [3.8, 4) is 0 Å². The second-order valence-electron chi connectivity index (χ2n) is 3.47. The van der Waals surface area contributed by atoms with E-state index in [4.69, 9.17) is 21.1 Å². The SMILES string of the molecule is CC(O)CCN(C)C(=O)c1ccoc1Cl. The Hall–Kier alpha value is -1.00. The molecule has 1 amide bonds. The average molecular weight is 232 g/mol. The molecule has 5 heteroatoms. The molecule has 1 atom stereocenters. The zero-order valence-electron chi connectivity index (χ0n) is 8.74. The molecule has 1 unspecified atom stereocenters. The van der Waals surface area contributed by atoms with Crippen LogP contribution >= 0.6 is 11.6 Å². The lowest BCUT2D eigenvalue weighted by atomic mass is 10.2. The molecule has 0 saturated carbocycles. The van der Waals surface area contributed by atoms with E-state index >= 15 is 0 Å². The summed E-state index contributed by atoms with van der Waals surface area (Å²) < 4.78 is 4.83. The first-order valence-electron chi connectivity index (χ1n) is 4.69. The van der Waals surface area contributed by atoms with Crippen molar-refractivity contribution in [2.45, 2.75) is 19.4 Å². The van der Waals surface area contributed by atoms with Gasteiger partial charge < -0.3 is 14.4 Å². The van der Waals surface area contributed by atoms with Gasteiger partial charge in [-0.2, -0.15) is 0 Å². The van der Waals surface area contributed by atoms with Gasteiger partial charge in [-0.25, -0.2) is 0 Å². The average Bonchev–Trinajstić information content (AvgIpc) is 2.59. The monoisotopic (exact) mass is 231 g/mol. The van der Waals surface area contributed by atoms with Crippen molar-refractivity contribution in [3.63, 3.8) is 0 Å². The van der Waals surface area contributed by atoms with Crippen molar-refractivity contribution < 1.29 is 14.3 Å². The maximum Gasteiger partial charge on any atom is 0.258 e.